The number of hydrogen-bond acceptors (Lipinski definition) is 6. The van der Waals surface area contributed by atoms with Crippen molar-refractivity contribution in [2.24, 2.45) is 0 Å². The summed E-state index contributed by atoms with van der Waals surface area (Å²) in [5.41, 5.74) is 1.07. The van der Waals surface area contributed by atoms with Crippen LogP contribution in [-0.4, -0.2) is 42.2 Å². The van der Waals surface area contributed by atoms with Gasteiger partial charge in [-0.2, -0.15) is 0 Å². The van der Waals surface area contributed by atoms with E-state index in [2.05, 4.69) is 4.72 Å². The second kappa shape index (κ2) is 10.3. The van der Waals surface area contributed by atoms with Gasteiger partial charge in [0.25, 0.3) is 0 Å². The van der Waals surface area contributed by atoms with Crippen molar-refractivity contribution >= 4 is 18.6 Å². The zero-order valence-electron chi connectivity index (χ0n) is 16.4. The topological polar surface area (TPSA) is 83.1 Å². The van der Waals surface area contributed by atoms with E-state index in [4.69, 9.17) is 18.5 Å². The van der Waals surface area contributed by atoms with Crippen LogP contribution in [0.15, 0.2) is 29.2 Å². The summed E-state index contributed by atoms with van der Waals surface area (Å²) >= 11 is 0. The van der Waals surface area contributed by atoms with E-state index in [0.29, 0.717) is 31.0 Å². The van der Waals surface area contributed by atoms with Crippen molar-refractivity contribution < 1.29 is 27.3 Å². The summed E-state index contributed by atoms with van der Waals surface area (Å²) in [4.78, 5) is 0.602. The quantitative estimate of drug-likeness (QED) is 0.550. The van der Waals surface area contributed by atoms with Gasteiger partial charge in [-0.15, -0.1) is 0 Å². The van der Waals surface area contributed by atoms with E-state index >= 15 is 0 Å². The maximum Gasteiger partial charge on any atom is 0.348 e. The van der Waals surface area contributed by atoms with E-state index in [1.165, 1.54) is 0 Å². The number of benzene rings is 1. The van der Waals surface area contributed by atoms with Crippen molar-refractivity contribution in [1.82, 2.24) is 4.72 Å². The van der Waals surface area contributed by atoms with Gasteiger partial charge in [0.1, 0.15) is 16.8 Å². The van der Waals surface area contributed by atoms with Crippen molar-refractivity contribution in [1.29, 1.82) is 0 Å². The van der Waals surface area contributed by atoms with E-state index in [9.17, 15) is 8.77 Å². The molecule has 0 saturated carbocycles. The Kier molecular flexibility index (Phi) is 8.62. The van der Waals surface area contributed by atoms with E-state index in [1.807, 2.05) is 26.0 Å². The second-order valence-electron chi connectivity index (χ2n) is 6.46. The summed E-state index contributed by atoms with van der Waals surface area (Å²) < 4.78 is 51.3. The fourth-order valence-electron chi connectivity index (χ4n) is 2.81. The largest absolute Gasteiger partial charge is 0.348 e. The molecule has 1 aliphatic rings. The second-order valence-corrected chi connectivity index (χ2v) is 9.92. The summed E-state index contributed by atoms with van der Waals surface area (Å²) in [5, 5.41) is 0. The number of ether oxygens (including phenoxy) is 2. The molecule has 0 bridgehead atoms. The standard InChI is InChI=1S/C18H30NO6PS/c1-5-24-26(20,25-6-2)17(11-12-18(4)22-13-14-23-18)19-27(21)16-9-7-15(3)8-10-16/h7-10,17,19H,5-6,11-14H2,1-4H3/t17-,27?/m1/s1. The molecule has 1 aliphatic heterocycles. The minimum absolute atomic E-state index is 0.233. The predicted octanol–water partition coefficient (Wildman–Crippen LogP) is 3.74. The molecule has 0 aliphatic carbocycles. The minimum Gasteiger partial charge on any atom is -0.348 e. The molecule has 0 spiro atoms. The van der Waals surface area contributed by atoms with Gasteiger partial charge in [0.15, 0.2) is 5.79 Å². The molecule has 1 N–H and O–H groups in total. The number of aryl methyl sites for hydroxylation is 1. The molecule has 1 fully saturated rings. The highest BCUT2D eigenvalue weighted by Gasteiger charge is 2.40. The molecule has 1 aromatic carbocycles. The van der Waals surface area contributed by atoms with Crippen LogP contribution in [0.1, 0.15) is 39.2 Å². The molecule has 1 aromatic rings. The van der Waals surface area contributed by atoms with Crippen LogP contribution in [0.2, 0.25) is 0 Å². The van der Waals surface area contributed by atoms with Gasteiger partial charge < -0.3 is 18.5 Å². The highest BCUT2D eigenvalue weighted by atomic mass is 32.2. The molecule has 9 heteroatoms. The monoisotopic (exact) mass is 419 g/mol. The van der Waals surface area contributed by atoms with E-state index in [1.54, 1.807) is 26.0 Å². The lowest BCUT2D eigenvalue weighted by Gasteiger charge is -2.29. The van der Waals surface area contributed by atoms with Crippen LogP contribution in [0, 0.1) is 6.92 Å². The first-order chi connectivity index (χ1) is 12.8. The van der Waals surface area contributed by atoms with Crippen LogP contribution in [0.5, 0.6) is 0 Å². The van der Waals surface area contributed by atoms with Gasteiger partial charge in [-0.3, -0.25) is 4.57 Å². The van der Waals surface area contributed by atoms with Crippen molar-refractivity contribution in [3.8, 4) is 0 Å². The first-order valence-electron chi connectivity index (χ1n) is 9.23. The van der Waals surface area contributed by atoms with Crippen LogP contribution < -0.4 is 4.72 Å². The van der Waals surface area contributed by atoms with Crippen molar-refractivity contribution in [2.45, 2.75) is 57.0 Å². The minimum atomic E-state index is -3.52. The Morgan fingerprint density at radius 2 is 1.74 bits per heavy atom. The van der Waals surface area contributed by atoms with Crippen molar-refractivity contribution in [3.63, 3.8) is 0 Å². The maximum absolute atomic E-state index is 13.3. The maximum atomic E-state index is 13.3. The Labute approximate surface area is 164 Å². The lowest BCUT2D eigenvalue weighted by atomic mass is 10.2. The zero-order valence-corrected chi connectivity index (χ0v) is 18.1. The first kappa shape index (κ1) is 22.7. The fourth-order valence-corrected chi connectivity index (χ4v) is 6.10. The zero-order chi connectivity index (χ0) is 19.9. The lowest BCUT2D eigenvalue weighted by Crippen LogP contribution is -2.35. The van der Waals surface area contributed by atoms with Gasteiger partial charge in [-0.05, 0) is 46.2 Å². The van der Waals surface area contributed by atoms with Gasteiger partial charge in [-0.25, -0.2) is 8.93 Å². The summed E-state index contributed by atoms with van der Waals surface area (Å²) in [6, 6.07) is 7.34. The molecule has 27 heavy (non-hydrogen) atoms. The summed E-state index contributed by atoms with van der Waals surface area (Å²) in [6.45, 7) is 8.84. The number of hydrogen-bond donors (Lipinski definition) is 1. The average Bonchev–Trinajstić information content (AvgIpc) is 3.06. The molecule has 7 nitrogen and oxygen atoms in total. The lowest BCUT2D eigenvalue weighted by molar-refractivity contribution is -0.147. The summed E-state index contributed by atoms with van der Waals surface area (Å²) in [7, 11) is -5.07. The molecular weight excluding hydrogens is 389 g/mol. The average molecular weight is 419 g/mol. The SMILES string of the molecule is CCOP(=O)(OCC)[C@H](CCC1(C)OCCO1)NS(=O)c1ccc(C)cc1. The first-order valence-corrected chi connectivity index (χ1v) is 12.0. The Morgan fingerprint density at radius 1 is 1.19 bits per heavy atom. The predicted molar refractivity (Wildman–Crippen MR) is 105 cm³/mol. The van der Waals surface area contributed by atoms with Crippen LogP contribution >= 0.6 is 7.60 Å². The Balaban J connectivity index is 2.17. The molecule has 0 radical (unpaired) electrons. The van der Waals surface area contributed by atoms with E-state index in [-0.39, 0.29) is 13.2 Å². The molecule has 1 heterocycles. The van der Waals surface area contributed by atoms with Crippen LogP contribution in [0.4, 0.5) is 0 Å². The third-order valence-corrected chi connectivity index (χ3v) is 8.01. The summed E-state index contributed by atoms with van der Waals surface area (Å²) in [5.74, 6) is -1.49. The van der Waals surface area contributed by atoms with E-state index < -0.39 is 30.2 Å². The van der Waals surface area contributed by atoms with Crippen LogP contribution in [0.3, 0.4) is 0 Å². The Hall–Kier alpha value is -0.600. The fraction of sp³-hybridized carbons (Fsp3) is 0.667. The van der Waals surface area contributed by atoms with Crippen molar-refractivity contribution in [3.05, 3.63) is 29.8 Å². The highest BCUT2D eigenvalue weighted by Crippen LogP contribution is 2.54. The van der Waals surface area contributed by atoms with Gasteiger partial charge in [0, 0.05) is 6.42 Å². The third kappa shape index (κ3) is 6.46. The van der Waals surface area contributed by atoms with E-state index in [0.717, 1.165) is 5.56 Å². The third-order valence-electron chi connectivity index (χ3n) is 4.25. The molecule has 2 atom stereocenters. The molecule has 2 rings (SSSR count). The Bertz CT molecular complexity index is 652. The van der Waals surface area contributed by atoms with Crippen LogP contribution in [0.25, 0.3) is 0 Å². The number of nitrogens with one attached hydrogen (secondary N) is 1. The number of rotatable bonds is 11. The van der Waals surface area contributed by atoms with Crippen LogP contribution in [-0.2, 0) is 34.1 Å². The molecule has 1 saturated heterocycles. The van der Waals surface area contributed by atoms with Gasteiger partial charge >= 0.3 is 7.60 Å². The van der Waals surface area contributed by atoms with Crippen molar-refractivity contribution in [2.75, 3.05) is 26.4 Å². The van der Waals surface area contributed by atoms with Gasteiger partial charge in [0.2, 0.25) is 0 Å². The smallest absolute Gasteiger partial charge is 0.348 e. The molecule has 0 aromatic heterocycles. The Morgan fingerprint density at radius 3 is 2.26 bits per heavy atom. The summed E-state index contributed by atoms with van der Waals surface area (Å²) in [6.07, 6.45) is 0.839. The molecular formula is C18H30NO6PS. The molecule has 1 unspecified atom stereocenters. The molecule has 0 amide bonds. The molecule has 154 valence electrons. The normalized spacial score (nSPS) is 19.1. The van der Waals surface area contributed by atoms with Gasteiger partial charge in [-0.1, -0.05) is 17.7 Å². The van der Waals surface area contributed by atoms with Gasteiger partial charge in [0.05, 0.1) is 31.3 Å². The highest BCUT2D eigenvalue weighted by molar-refractivity contribution is 7.83.